The second-order valence-electron chi connectivity index (χ2n) is 22.3. The second kappa shape index (κ2) is 31.1. The number of hydrogen-bond acceptors (Lipinski definition) is 38. The van der Waals surface area contributed by atoms with Crippen molar-refractivity contribution in [3.8, 4) is 0 Å². The Hall–Kier alpha value is -2.62. The lowest BCUT2D eigenvalue weighted by molar-refractivity contribution is -0.396. The fraction of sp³-hybridized carbons (Fsp3) is 0.959. The second-order valence-corrected chi connectivity index (χ2v) is 22.3. The van der Waals surface area contributed by atoms with Gasteiger partial charge in [0.15, 0.2) is 44.0 Å². The summed E-state index contributed by atoms with van der Waals surface area (Å²) in [5.41, 5.74) is 0. The van der Waals surface area contributed by atoms with Gasteiger partial charge in [0.2, 0.25) is 0 Å². The van der Waals surface area contributed by atoms with Crippen LogP contribution in [0.1, 0.15) is 13.8 Å². The average molecular weight is 1290 g/mol. The molecule has 39 heteroatoms. The van der Waals surface area contributed by atoms with Gasteiger partial charge in [-0.15, -0.1) is 0 Å². The minimum atomic E-state index is -2.30. The van der Waals surface area contributed by atoms with Crippen LogP contribution in [0.25, 0.3) is 0 Å². The third-order valence-corrected chi connectivity index (χ3v) is 16.1. The van der Waals surface area contributed by atoms with Crippen LogP contribution in [0.5, 0.6) is 0 Å². The normalized spacial score (nSPS) is 49.8. The summed E-state index contributed by atoms with van der Waals surface area (Å²) in [4.78, 5) is 24.8. The quantitative estimate of drug-likeness (QED) is 0.0637. The Kier molecular flexibility index (Phi) is 25.2. The van der Waals surface area contributed by atoms with Gasteiger partial charge < -0.3 is 183 Å². The minimum Gasteiger partial charge on any atom is -0.462 e. The van der Waals surface area contributed by atoms with Gasteiger partial charge in [-0.2, -0.15) is 0 Å². The van der Waals surface area contributed by atoms with E-state index in [4.69, 9.17) is 75.8 Å². The predicted octanol–water partition coefficient (Wildman–Crippen LogP) is -14.3. The maximum absolute atomic E-state index is 12.9. The Labute approximate surface area is 498 Å². The molecule has 21 aliphatic rings. The van der Waals surface area contributed by atoms with Crippen molar-refractivity contribution in [3.63, 3.8) is 0 Å². The molecule has 35 atom stereocenters. The topological polar surface area (TPSA) is 598 Å². The lowest BCUT2D eigenvalue weighted by atomic mass is 9.95. The standard InChI is InChI=1S/C49H81NO38/c1-12(2)41(71)73-3-4-74-49(72)50-5-13-34-20(57)27(64)42(75-13)83-35-14(6-51)77-44(29(66)22(35)59)85-37-16(8-53)79-46(31(68)24(37)61)87-39-18(10-55)81-48(33(70)26(39)63)88-40-19(11-56)80-47(32(69)25(40)62)86-38-17(9-54)78-45(30(67)23(38)60)84-36-15(7-52)76-43(82-34)28(65)21(36)58/h12-40,42-48,51-70H,3-11H2,1-2H3,(H,50,72)/t13-,14-,15-,16-,17-,18-,19-,20-,21-,22-,23-,24-,25-,26-,27-,28-,29-,30-,31-,32-,33-,34-,35-,36-,37-,38-,39-,40-,42-,43-,44-,45-,46-,47-,48-/m1/s1. The Morgan fingerprint density at radius 1 is 0.307 bits per heavy atom. The van der Waals surface area contributed by atoms with Crippen molar-refractivity contribution in [2.45, 2.75) is 229 Å². The average Bonchev–Trinajstić information content (AvgIpc) is 2.02. The molecule has 21 N–H and O–H groups in total. The van der Waals surface area contributed by atoms with E-state index in [1.165, 1.54) is 0 Å². The number of ether oxygens (including phenoxy) is 16. The summed E-state index contributed by atoms with van der Waals surface area (Å²) < 4.78 is 90.6. The van der Waals surface area contributed by atoms with Crippen LogP contribution in [0, 0.1) is 5.92 Å². The monoisotopic (exact) mass is 1290 g/mol. The van der Waals surface area contributed by atoms with Crippen LogP contribution in [-0.4, -0.2) is 389 Å². The number of aliphatic hydroxyl groups is 20. The molecule has 21 saturated heterocycles. The predicted molar refractivity (Wildman–Crippen MR) is 266 cm³/mol. The van der Waals surface area contributed by atoms with Gasteiger partial charge >= 0.3 is 12.1 Å². The molecular formula is C49H81NO38. The molecule has 21 heterocycles. The first-order chi connectivity index (χ1) is 41.8. The number of amides is 1. The van der Waals surface area contributed by atoms with Crippen molar-refractivity contribution < 1.29 is 188 Å². The van der Waals surface area contributed by atoms with E-state index in [1.807, 2.05) is 0 Å². The van der Waals surface area contributed by atoms with Crippen molar-refractivity contribution in [1.29, 1.82) is 0 Å². The number of carbonyl (C=O) groups excluding carboxylic acids is 2. The number of carbonyl (C=O) groups is 2. The number of rotatable bonds is 12. The SMILES string of the molecule is CC(C)C(=O)OCCOC(=O)NC[C@H]1O[C@@H]2O[C@H]3[C@H](O)[C@@H](O)[C@@H](O[C@H]4[C@H](O)[C@@H](O)[C@@H](O[C@H]5[C@H](O)[C@@H](O)[C@@H](O[C@H]6[C@H](O)[C@@H](O)[C@@H](O[C@H]7[C@H](O)[C@@H](O)[C@@H](O[C@H]8[C@H](O)[C@@H](O)[C@@H](O[C@H]1[C@H](O)[C@H]2O)O[C@@H]8CO)O[C@@H]7CO)O[C@@H]6CO)O[C@@H]5CO)O[C@@H]4CO)O[C@@H]3CO. The molecule has 39 nitrogen and oxygen atoms in total. The van der Waals surface area contributed by atoms with E-state index in [9.17, 15) is 112 Å². The van der Waals surface area contributed by atoms with Crippen LogP contribution < -0.4 is 5.32 Å². The van der Waals surface area contributed by atoms with Crippen LogP contribution in [0.4, 0.5) is 4.79 Å². The van der Waals surface area contributed by atoms with Crippen LogP contribution >= 0.6 is 0 Å². The number of nitrogens with one attached hydrogen (secondary N) is 1. The van der Waals surface area contributed by atoms with Gasteiger partial charge in [-0.1, -0.05) is 13.8 Å². The molecule has 88 heavy (non-hydrogen) atoms. The van der Waals surface area contributed by atoms with E-state index in [1.54, 1.807) is 13.8 Å². The zero-order valence-corrected chi connectivity index (χ0v) is 46.9. The summed E-state index contributed by atoms with van der Waals surface area (Å²) >= 11 is 0. The first kappa shape index (κ1) is 71.2. The first-order valence-electron chi connectivity index (χ1n) is 28.2. The lowest BCUT2D eigenvalue weighted by Crippen LogP contribution is -2.68. The molecule has 0 aromatic rings. The number of alkyl carbamates (subject to hydrolysis) is 1. The molecule has 0 radical (unpaired) electrons. The summed E-state index contributed by atoms with van der Waals surface area (Å²) in [5, 5.41) is 225. The van der Waals surface area contributed by atoms with E-state index in [0.717, 1.165) is 0 Å². The molecular weight excluding hydrogens is 1210 g/mol. The van der Waals surface area contributed by atoms with E-state index in [2.05, 4.69) is 5.32 Å². The van der Waals surface area contributed by atoms with Crippen LogP contribution in [0.3, 0.4) is 0 Å². The molecule has 21 aliphatic heterocycles. The van der Waals surface area contributed by atoms with Gasteiger partial charge in [0.1, 0.15) is 184 Å². The van der Waals surface area contributed by atoms with Crippen molar-refractivity contribution in [2.75, 3.05) is 59.4 Å². The van der Waals surface area contributed by atoms with Crippen molar-refractivity contribution >= 4 is 12.1 Å². The van der Waals surface area contributed by atoms with E-state index >= 15 is 0 Å². The van der Waals surface area contributed by atoms with E-state index < -0.39 is 286 Å². The lowest BCUT2D eigenvalue weighted by Gasteiger charge is -2.50. The summed E-state index contributed by atoms with van der Waals surface area (Å²) in [6, 6.07) is 0. The fourth-order valence-electron chi connectivity index (χ4n) is 11.1. The molecule has 14 bridgehead atoms. The fourth-order valence-corrected chi connectivity index (χ4v) is 11.1. The van der Waals surface area contributed by atoms with E-state index in [0.29, 0.717) is 0 Å². The first-order valence-corrected chi connectivity index (χ1v) is 28.2. The molecule has 0 aromatic carbocycles. The molecule has 0 unspecified atom stereocenters. The maximum Gasteiger partial charge on any atom is 0.407 e. The van der Waals surface area contributed by atoms with Gasteiger partial charge in [-0.05, 0) is 0 Å². The summed E-state index contributed by atoms with van der Waals surface area (Å²) in [5.74, 6) is -1.13. The third kappa shape index (κ3) is 15.1. The summed E-state index contributed by atoms with van der Waals surface area (Å²) in [6.45, 7) is -5.01. The number of hydrogen-bond donors (Lipinski definition) is 21. The van der Waals surface area contributed by atoms with Gasteiger partial charge in [0.05, 0.1) is 45.6 Å². The van der Waals surface area contributed by atoms with E-state index in [-0.39, 0.29) is 6.61 Å². The Morgan fingerprint density at radius 3 is 0.705 bits per heavy atom. The molecule has 21 fully saturated rings. The van der Waals surface area contributed by atoms with Crippen molar-refractivity contribution in [1.82, 2.24) is 5.32 Å². The summed E-state index contributed by atoms with van der Waals surface area (Å²) in [7, 11) is 0. The van der Waals surface area contributed by atoms with Crippen molar-refractivity contribution in [2.24, 2.45) is 5.92 Å². The molecule has 510 valence electrons. The molecule has 0 saturated carbocycles. The van der Waals surface area contributed by atoms with Gasteiger partial charge in [-0.25, -0.2) is 4.79 Å². The zero-order chi connectivity index (χ0) is 64.3. The van der Waals surface area contributed by atoms with Crippen LogP contribution in [-0.2, 0) is 80.6 Å². The van der Waals surface area contributed by atoms with Crippen molar-refractivity contribution in [3.05, 3.63) is 0 Å². The highest BCUT2D eigenvalue weighted by Crippen LogP contribution is 2.39. The molecule has 1 amide bonds. The highest BCUT2D eigenvalue weighted by Gasteiger charge is 2.59. The smallest absolute Gasteiger partial charge is 0.407 e. The van der Waals surface area contributed by atoms with Gasteiger partial charge in [0, 0.05) is 6.54 Å². The van der Waals surface area contributed by atoms with Gasteiger partial charge in [-0.3, -0.25) is 4.79 Å². The highest BCUT2D eigenvalue weighted by atomic mass is 16.8. The van der Waals surface area contributed by atoms with Crippen LogP contribution in [0.2, 0.25) is 0 Å². The summed E-state index contributed by atoms with van der Waals surface area (Å²) in [6.07, 6.45) is -73.4. The Balaban J connectivity index is 1.09. The minimum absolute atomic E-state index is 0.377. The Bertz CT molecular complexity index is 2170. The van der Waals surface area contributed by atoms with Gasteiger partial charge in [0.25, 0.3) is 0 Å². The van der Waals surface area contributed by atoms with Crippen LogP contribution in [0.15, 0.2) is 0 Å². The molecule has 0 aromatic heterocycles. The Morgan fingerprint density at radius 2 is 0.500 bits per heavy atom. The third-order valence-electron chi connectivity index (χ3n) is 16.1. The number of aliphatic hydroxyl groups excluding tert-OH is 20. The largest absolute Gasteiger partial charge is 0.462 e. The molecule has 21 rings (SSSR count). The maximum atomic E-state index is 12.9. The highest BCUT2D eigenvalue weighted by molar-refractivity contribution is 5.71. The number of esters is 1. The molecule has 0 aliphatic carbocycles. The molecule has 0 spiro atoms. The zero-order valence-electron chi connectivity index (χ0n) is 46.9.